The third-order valence-corrected chi connectivity index (χ3v) is 7.04. The summed E-state index contributed by atoms with van der Waals surface area (Å²) in [6.45, 7) is 7.88. The molecular weight excluding hydrogens is 446 g/mol. The van der Waals surface area contributed by atoms with E-state index in [0.717, 1.165) is 16.1 Å². The summed E-state index contributed by atoms with van der Waals surface area (Å²) >= 11 is 7.59. The monoisotopic (exact) mass is 465 g/mol. The predicted octanol–water partition coefficient (Wildman–Crippen LogP) is 5.79. The number of hydrogen-bond acceptors (Lipinski definition) is 6. The van der Waals surface area contributed by atoms with Gasteiger partial charge in [-0.3, -0.25) is 14.5 Å². The number of halogens is 1. The number of amides is 1. The fraction of sp³-hybridized carbons (Fsp3) is 0.250. The SMILES string of the molecule is Cc1nnc(N2C(=O)c3oc4cc(C)c(Cl)cc4c(=O)c3C2c2ccc(C(C)C)cc2)s1. The van der Waals surface area contributed by atoms with E-state index in [1.54, 1.807) is 12.1 Å². The van der Waals surface area contributed by atoms with E-state index >= 15 is 0 Å². The average Bonchev–Trinajstić information content (AvgIpc) is 3.31. The molecule has 3 heterocycles. The Balaban J connectivity index is 1.79. The molecule has 0 spiro atoms. The van der Waals surface area contributed by atoms with Crippen molar-refractivity contribution in [2.75, 3.05) is 4.90 Å². The zero-order valence-corrected chi connectivity index (χ0v) is 19.5. The van der Waals surface area contributed by atoms with Gasteiger partial charge in [0, 0.05) is 5.02 Å². The Kier molecular flexibility index (Phi) is 4.91. The van der Waals surface area contributed by atoms with Gasteiger partial charge < -0.3 is 4.42 Å². The summed E-state index contributed by atoms with van der Waals surface area (Å²) in [5, 5.41) is 10.2. The third kappa shape index (κ3) is 3.15. The van der Waals surface area contributed by atoms with Crippen LogP contribution in [0.3, 0.4) is 0 Å². The van der Waals surface area contributed by atoms with Gasteiger partial charge in [0.2, 0.25) is 10.9 Å². The van der Waals surface area contributed by atoms with Gasteiger partial charge in [0.1, 0.15) is 10.6 Å². The number of nitrogens with zero attached hydrogens (tertiary/aromatic N) is 3. The molecule has 0 fully saturated rings. The lowest BCUT2D eigenvalue weighted by Crippen LogP contribution is -2.29. The van der Waals surface area contributed by atoms with Crippen molar-refractivity contribution < 1.29 is 9.21 Å². The van der Waals surface area contributed by atoms with Crippen LogP contribution < -0.4 is 10.3 Å². The Morgan fingerprint density at radius 3 is 2.44 bits per heavy atom. The van der Waals surface area contributed by atoms with Gasteiger partial charge in [-0.1, -0.05) is 61.1 Å². The fourth-order valence-electron chi connectivity index (χ4n) is 4.05. The molecule has 1 unspecified atom stereocenters. The first-order chi connectivity index (χ1) is 15.3. The van der Waals surface area contributed by atoms with Crippen LogP contribution in [0.1, 0.15) is 63.6 Å². The summed E-state index contributed by atoms with van der Waals surface area (Å²) in [6.07, 6.45) is 0. The first-order valence-corrected chi connectivity index (χ1v) is 11.5. The number of anilines is 1. The summed E-state index contributed by atoms with van der Waals surface area (Å²) in [4.78, 5) is 28.7. The van der Waals surface area contributed by atoms with E-state index in [2.05, 4.69) is 24.0 Å². The molecule has 0 radical (unpaired) electrons. The van der Waals surface area contributed by atoms with Crippen LogP contribution in [0.5, 0.6) is 0 Å². The first kappa shape index (κ1) is 20.8. The highest BCUT2D eigenvalue weighted by Crippen LogP contribution is 2.42. The lowest BCUT2D eigenvalue weighted by atomic mass is 9.95. The number of fused-ring (bicyclic) bond motifs is 2. The van der Waals surface area contributed by atoms with Crippen molar-refractivity contribution in [3.8, 4) is 0 Å². The molecule has 4 aromatic rings. The quantitative estimate of drug-likeness (QED) is 0.383. The second-order valence-corrected chi connectivity index (χ2v) is 9.84. The standard InChI is InChI=1S/C24H20ClN3O3S/c1-11(2)14-5-7-15(8-6-14)20-19-21(29)16-10-17(25)12(3)9-18(16)31-22(19)23(30)28(20)24-27-26-13(4)32-24/h5-11,20H,1-4H3. The lowest BCUT2D eigenvalue weighted by molar-refractivity contribution is 0.0970. The smallest absolute Gasteiger partial charge is 0.297 e. The van der Waals surface area contributed by atoms with Crippen molar-refractivity contribution in [3.05, 3.63) is 84.7 Å². The summed E-state index contributed by atoms with van der Waals surface area (Å²) in [5.41, 5.74) is 3.12. The van der Waals surface area contributed by atoms with Gasteiger partial charge in [-0.15, -0.1) is 10.2 Å². The minimum atomic E-state index is -0.660. The maximum atomic E-state index is 13.6. The van der Waals surface area contributed by atoms with E-state index < -0.39 is 11.9 Å². The maximum Gasteiger partial charge on any atom is 0.297 e. The van der Waals surface area contributed by atoms with E-state index in [-0.39, 0.29) is 11.2 Å². The Hall–Kier alpha value is -3.03. The Bertz CT molecular complexity index is 1440. The van der Waals surface area contributed by atoms with Crippen LogP contribution >= 0.6 is 22.9 Å². The molecule has 2 aromatic heterocycles. The highest BCUT2D eigenvalue weighted by molar-refractivity contribution is 7.15. The molecule has 162 valence electrons. The number of aryl methyl sites for hydroxylation is 2. The molecule has 0 bridgehead atoms. The molecule has 6 nitrogen and oxygen atoms in total. The van der Waals surface area contributed by atoms with Crippen molar-refractivity contribution in [1.82, 2.24) is 10.2 Å². The summed E-state index contributed by atoms with van der Waals surface area (Å²) in [6, 6.07) is 10.6. The van der Waals surface area contributed by atoms with Gasteiger partial charge >= 0.3 is 0 Å². The van der Waals surface area contributed by atoms with Crippen LogP contribution in [-0.4, -0.2) is 16.1 Å². The van der Waals surface area contributed by atoms with E-state index in [1.165, 1.54) is 21.8 Å². The van der Waals surface area contributed by atoms with Crippen LogP contribution in [0.15, 0.2) is 45.6 Å². The molecule has 8 heteroatoms. The van der Waals surface area contributed by atoms with Gasteiger partial charge in [0.05, 0.1) is 17.0 Å². The van der Waals surface area contributed by atoms with Gasteiger partial charge in [-0.05, 0) is 48.6 Å². The molecule has 0 N–H and O–H groups in total. The summed E-state index contributed by atoms with van der Waals surface area (Å²) in [5.74, 6) is -0.00134. The molecule has 1 amide bonds. The Labute approximate surface area is 193 Å². The number of carbonyl (C=O) groups excluding carboxylic acids is 1. The molecule has 0 saturated carbocycles. The van der Waals surface area contributed by atoms with E-state index in [9.17, 15) is 9.59 Å². The zero-order chi connectivity index (χ0) is 22.7. The fourth-order valence-corrected chi connectivity index (χ4v) is 4.93. The largest absolute Gasteiger partial charge is 0.450 e. The second kappa shape index (κ2) is 7.53. The molecule has 1 atom stereocenters. The number of carbonyl (C=O) groups is 1. The zero-order valence-electron chi connectivity index (χ0n) is 18.0. The van der Waals surface area contributed by atoms with Crippen molar-refractivity contribution in [1.29, 1.82) is 0 Å². The molecular formula is C24H20ClN3O3S. The highest BCUT2D eigenvalue weighted by atomic mass is 35.5. The van der Waals surface area contributed by atoms with E-state index in [1.807, 2.05) is 38.1 Å². The van der Waals surface area contributed by atoms with Crippen LogP contribution in [-0.2, 0) is 0 Å². The number of rotatable bonds is 3. The second-order valence-electron chi connectivity index (χ2n) is 8.27. The molecule has 1 aliphatic heterocycles. The predicted molar refractivity (Wildman–Crippen MR) is 126 cm³/mol. The number of benzene rings is 2. The Morgan fingerprint density at radius 1 is 1.09 bits per heavy atom. The van der Waals surface area contributed by atoms with E-state index in [4.69, 9.17) is 16.0 Å². The third-order valence-electron chi connectivity index (χ3n) is 5.79. The van der Waals surface area contributed by atoms with Gasteiger partial charge in [0.25, 0.3) is 5.91 Å². The van der Waals surface area contributed by atoms with Gasteiger partial charge in [0.15, 0.2) is 5.43 Å². The number of aromatic nitrogens is 2. The molecule has 2 aromatic carbocycles. The summed E-state index contributed by atoms with van der Waals surface area (Å²) < 4.78 is 6.01. The Morgan fingerprint density at radius 2 is 1.81 bits per heavy atom. The van der Waals surface area contributed by atoms with Crippen LogP contribution in [0.25, 0.3) is 11.0 Å². The van der Waals surface area contributed by atoms with Crippen molar-refractivity contribution >= 4 is 44.9 Å². The molecule has 1 aliphatic rings. The van der Waals surface area contributed by atoms with Crippen LogP contribution in [0, 0.1) is 13.8 Å². The van der Waals surface area contributed by atoms with Crippen molar-refractivity contribution in [2.24, 2.45) is 0 Å². The van der Waals surface area contributed by atoms with Crippen molar-refractivity contribution in [2.45, 2.75) is 39.7 Å². The van der Waals surface area contributed by atoms with Gasteiger partial charge in [-0.2, -0.15) is 0 Å². The molecule has 32 heavy (non-hydrogen) atoms. The first-order valence-electron chi connectivity index (χ1n) is 10.3. The van der Waals surface area contributed by atoms with E-state index in [0.29, 0.717) is 32.6 Å². The molecule has 5 rings (SSSR count). The highest BCUT2D eigenvalue weighted by Gasteiger charge is 2.45. The lowest BCUT2D eigenvalue weighted by Gasteiger charge is -2.22. The normalized spacial score (nSPS) is 15.8. The molecule has 0 saturated heterocycles. The minimum Gasteiger partial charge on any atom is -0.450 e. The average molecular weight is 466 g/mol. The molecule has 0 aliphatic carbocycles. The van der Waals surface area contributed by atoms with Crippen molar-refractivity contribution in [3.63, 3.8) is 0 Å². The maximum absolute atomic E-state index is 13.6. The van der Waals surface area contributed by atoms with Gasteiger partial charge in [-0.25, -0.2) is 0 Å². The van der Waals surface area contributed by atoms with Crippen LogP contribution in [0.4, 0.5) is 5.13 Å². The van der Waals surface area contributed by atoms with Crippen LogP contribution in [0.2, 0.25) is 5.02 Å². The topological polar surface area (TPSA) is 76.3 Å². The minimum absolute atomic E-state index is 0.0370. The summed E-state index contributed by atoms with van der Waals surface area (Å²) in [7, 11) is 0. The number of hydrogen-bond donors (Lipinski definition) is 0.